The molecule has 2 aromatic rings. The van der Waals surface area contributed by atoms with Crippen molar-refractivity contribution in [3.05, 3.63) is 34.8 Å². The van der Waals surface area contributed by atoms with Crippen LogP contribution in [0.5, 0.6) is 0 Å². The monoisotopic (exact) mass is 354 g/mol. The van der Waals surface area contributed by atoms with Crippen LogP contribution in [0.15, 0.2) is 33.5 Å². The van der Waals surface area contributed by atoms with Crippen molar-refractivity contribution in [3.63, 3.8) is 0 Å². The first-order chi connectivity index (χ1) is 12.7. The van der Waals surface area contributed by atoms with Gasteiger partial charge < -0.3 is 15.1 Å². The first kappa shape index (κ1) is 17.9. The van der Waals surface area contributed by atoms with Crippen LogP contribution in [0.25, 0.3) is 11.0 Å². The number of carbonyl (C=O) groups excluding carboxylic acids is 1. The van der Waals surface area contributed by atoms with Crippen LogP contribution in [0, 0.1) is 17.2 Å². The minimum atomic E-state index is -0.708. The van der Waals surface area contributed by atoms with E-state index in [-0.39, 0.29) is 12.5 Å². The Kier molecular flexibility index (Phi) is 5.84. The summed E-state index contributed by atoms with van der Waals surface area (Å²) in [6, 6.07) is 8.44. The molecule has 1 atom stereocenters. The number of rotatable bonds is 6. The molecule has 1 fully saturated rings. The SMILES string of the molecule is N#CCNC(=O)C(CC1CCCCC1)Nc1nc(=O)oc2ccccc12. The largest absolute Gasteiger partial charge is 0.441 e. The van der Waals surface area contributed by atoms with Crippen LogP contribution in [-0.4, -0.2) is 23.5 Å². The minimum absolute atomic E-state index is 0.0488. The quantitative estimate of drug-likeness (QED) is 0.772. The molecule has 1 aromatic carbocycles. The smallest absolute Gasteiger partial charge is 0.408 e. The lowest BCUT2D eigenvalue weighted by molar-refractivity contribution is -0.122. The predicted octanol–water partition coefficient (Wildman–Crippen LogP) is 2.58. The van der Waals surface area contributed by atoms with Gasteiger partial charge in [0.05, 0.1) is 11.5 Å². The lowest BCUT2D eigenvalue weighted by Crippen LogP contribution is -2.41. The zero-order valence-electron chi connectivity index (χ0n) is 14.5. The number of carbonyl (C=O) groups is 1. The third-order valence-corrected chi connectivity index (χ3v) is 4.81. The zero-order valence-corrected chi connectivity index (χ0v) is 14.5. The molecule has 1 aliphatic carbocycles. The number of hydrogen-bond donors (Lipinski definition) is 2. The van der Waals surface area contributed by atoms with Crippen LogP contribution in [0.3, 0.4) is 0 Å². The van der Waals surface area contributed by atoms with E-state index in [2.05, 4.69) is 15.6 Å². The van der Waals surface area contributed by atoms with Gasteiger partial charge in [-0.05, 0) is 24.5 Å². The van der Waals surface area contributed by atoms with E-state index in [0.29, 0.717) is 29.1 Å². The predicted molar refractivity (Wildman–Crippen MR) is 97.5 cm³/mol. The summed E-state index contributed by atoms with van der Waals surface area (Å²) < 4.78 is 5.11. The van der Waals surface area contributed by atoms with Gasteiger partial charge in [-0.25, -0.2) is 4.79 Å². The van der Waals surface area contributed by atoms with E-state index in [9.17, 15) is 9.59 Å². The molecule has 7 nitrogen and oxygen atoms in total. The molecule has 1 heterocycles. The Labute approximate surface area is 151 Å². The fourth-order valence-corrected chi connectivity index (χ4v) is 3.53. The number of amides is 1. The van der Waals surface area contributed by atoms with E-state index < -0.39 is 11.8 Å². The molecule has 2 N–H and O–H groups in total. The number of anilines is 1. The average molecular weight is 354 g/mol. The molecule has 136 valence electrons. The number of fused-ring (bicyclic) bond motifs is 1. The minimum Gasteiger partial charge on any atom is -0.408 e. The molecule has 1 amide bonds. The summed E-state index contributed by atoms with van der Waals surface area (Å²) in [5.41, 5.74) is 0.420. The molecule has 0 bridgehead atoms. The van der Waals surface area contributed by atoms with Crippen LogP contribution in [0.4, 0.5) is 5.82 Å². The van der Waals surface area contributed by atoms with Gasteiger partial charge in [-0.15, -0.1) is 0 Å². The summed E-state index contributed by atoms with van der Waals surface area (Å²) in [7, 11) is 0. The number of benzene rings is 1. The topological polar surface area (TPSA) is 108 Å². The lowest BCUT2D eigenvalue weighted by atomic mass is 9.84. The van der Waals surface area contributed by atoms with E-state index >= 15 is 0 Å². The van der Waals surface area contributed by atoms with Crippen molar-refractivity contribution in [1.82, 2.24) is 10.3 Å². The van der Waals surface area contributed by atoms with E-state index in [1.165, 1.54) is 19.3 Å². The van der Waals surface area contributed by atoms with E-state index in [4.69, 9.17) is 9.68 Å². The Morgan fingerprint density at radius 3 is 2.85 bits per heavy atom. The molecular formula is C19H22N4O3. The molecule has 0 saturated heterocycles. The maximum absolute atomic E-state index is 12.5. The fourth-order valence-electron chi connectivity index (χ4n) is 3.53. The summed E-state index contributed by atoms with van der Waals surface area (Å²) >= 11 is 0. The summed E-state index contributed by atoms with van der Waals surface area (Å²) in [5.74, 6) is -0.179. The van der Waals surface area contributed by atoms with Gasteiger partial charge in [-0.3, -0.25) is 4.79 Å². The molecule has 3 rings (SSSR count). The second-order valence-electron chi connectivity index (χ2n) is 6.64. The number of aromatic nitrogens is 1. The number of nitrogens with zero attached hydrogens (tertiary/aromatic N) is 2. The highest BCUT2D eigenvalue weighted by atomic mass is 16.4. The van der Waals surface area contributed by atoms with Crippen molar-refractivity contribution in [2.24, 2.45) is 5.92 Å². The van der Waals surface area contributed by atoms with Gasteiger partial charge in [-0.1, -0.05) is 44.2 Å². The molecule has 1 unspecified atom stereocenters. The Balaban J connectivity index is 1.86. The summed E-state index contributed by atoms with van der Waals surface area (Å²) in [5, 5.41) is 15.1. The first-order valence-electron chi connectivity index (χ1n) is 8.98. The average Bonchev–Trinajstić information content (AvgIpc) is 2.66. The molecule has 0 radical (unpaired) electrons. The number of nitrogens with one attached hydrogen (secondary N) is 2. The van der Waals surface area contributed by atoms with Gasteiger partial charge in [0.2, 0.25) is 5.91 Å². The van der Waals surface area contributed by atoms with Crippen LogP contribution in [-0.2, 0) is 4.79 Å². The molecule has 1 aromatic heterocycles. The van der Waals surface area contributed by atoms with E-state index in [1.807, 2.05) is 12.1 Å². The van der Waals surface area contributed by atoms with Gasteiger partial charge in [0, 0.05) is 0 Å². The second kappa shape index (κ2) is 8.48. The molecule has 1 saturated carbocycles. The van der Waals surface area contributed by atoms with Crippen LogP contribution >= 0.6 is 0 Å². The maximum atomic E-state index is 12.5. The van der Waals surface area contributed by atoms with Crippen LogP contribution < -0.4 is 16.4 Å². The van der Waals surface area contributed by atoms with Crippen LogP contribution in [0.2, 0.25) is 0 Å². The first-order valence-corrected chi connectivity index (χ1v) is 8.98. The zero-order chi connectivity index (χ0) is 18.4. The van der Waals surface area contributed by atoms with Crippen molar-refractivity contribution in [2.75, 3.05) is 11.9 Å². The van der Waals surface area contributed by atoms with E-state index in [1.54, 1.807) is 18.2 Å². The highest BCUT2D eigenvalue weighted by Gasteiger charge is 2.25. The highest BCUT2D eigenvalue weighted by molar-refractivity contribution is 5.91. The number of hydrogen-bond acceptors (Lipinski definition) is 6. The highest BCUT2D eigenvalue weighted by Crippen LogP contribution is 2.29. The fraction of sp³-hybridized carbons (Fsp3) is 0.474. The summed E-state index contributed by atoms with van der Waals surface area (Å²) in [6.45, 7) is -0.0488. The van der Waals surface area contributed by atoms with Crippen molar-refractivity contribution in [3.8, 4) is 6.07 Å². The van der Waals surface area contributed by atoms with Gasteiger partial charge in [0.15, 0.2) is 0 Å². The Hall–Kier alpha value is -2.88. The maximum Gasteiger partial charge on any atom is 0.441 e. The van der Waals surface area contributed by atoms with E-state index in [0.717, 1.165) is 12.8 Å². The Morgan fingerprint density at radius 1 is 1.31 bits per heavy atom. The summed E-state index contributed by atoms with van der Waals surface area (Å²) in [6.07, 6.45) is 6.42. The Morgan fingerprint density at radius 2 is 2.08 bits per heavy atom. The third-order valence-electron chi connectivity index (χ3n) is 4.81. The van der Waals surface area contributed by atoms with Crippen molar-refractivity contribution in [1.29, 1.82) is 5.26 Å². The molecule has 7 heteroatoms. The molecule has 26 heavy (non-hydrogen) atoms. The Bertz CT molecular complexity index is 865. The van der Waals surface area contributed by atoms with Gasteiger partial charge >= 0.3 is 5.76 Å². The normalized spacial score (nSPS) is 16.0. The molecular weight excluding hydrogens is 332 g/mol. The number of nitriles is 1. The van der Waals surface area contributed by atoms with Gasteiger partial charge in [0.1, 0.15) is 24.0 Å². The van der Waals surface area contributed by atoms with Crippen molar-refractivity contribution >= 4 is 22.7 Å². The summed E-state index contributed by atoms with van der Waals surface area (Å²) in [4.78, 5) is 28.2. The van der Waals surface area contributed by atoms with Crippen molar-refractivity contribution in [2.45, 2.75) is 44.6 Å². The molecule has 0 spiro atoms. The molecule has 0 aliphatic heterocycles. The van der Waals surface area contributed by atoms with Gasteiger partial charge in [0.25, 0.3) is 0 Å². The second-order valence-corrected chi connectivity index (χ2v) is 6.64. The molecule has 1 aliphatic rings. The van der Waals surface area contributed by atoms with Crippen molar-refractivity contribution < 1.29 is 9.21 Å². The standard InChI is InChI=1S/C19H22N4O3/c20-10-11-21-18(24)15(12-13-6-2-1-3-7-13)22-17-14-8-4-5-9-16(14)26-19(25)23-17/h4-5,8-9,13,15H,1-3,6-7,11-12H2,(H,21,24)(H,22,23,25). The third kappa shape index (κ3) is 4.39. The lowest BCUT2D eigenvalue weighted by Gasteiger charge is -2.26. The number of para-hydroxylation sites is 1. The van der Waals surface area contributed by atoms with Gasteiger partial charge in [-0.2, -0.15) is 10.2 Å². The van der Waals surface area contributed by atoms with Crippen LogP contribution in [0.1, 0.15) is 38.5 Å².